The fourth-order valence-corrected chi connectivity index (χ4v) is 2.10. The zero-order valence-electron chi connectivity index (χ0n) is 11.1. The molecule has 0 atom stereocenters. The first-order valence-corrected chi connectivity index (χ1v) is 7.01. The van der Waals surface area contributed by atoms with Crippen LogP contribution in [0.4, 0.5) is 4.39 Å². The molecule has 0 saturated heterocycles. The van der Waals surface area contributed by atoms with E-state index < -0.39 is 0 Å². The summed E-state index contributed by atoms with van der Waals surface area (Å²) < 4.78 is 20.7. The molecule has 1 N–H and O–H groups in total. The summed E-state index contributed by atoms with van der Waals surface area (Å²) in [5.41, 5.74) is 1.67. The van der Waals surface area contributed by atoms with Crippen molar-refractivity contribution in [3.05, 3.63) is 45.9 Å². The van der Waals surface area contributed by atoms with E-state index in [-0.39, 0.29) is 5.82 Å². The molecule has 1 aromatic heterocycles. The van der Waals surface area contributed by atoms with Gasteiger partial charge in [0.15, 0.2) is 0 Å². The fraction of sp³-hybridized carbons (Fsp3) is 0.385. The molecule has 1 heterocycles. The Morgan fingerprint density at radius 3 is 3.10 bits per heavy atom. The Morgan fingerprint density at radius 1 is 1.45 bits per heavy atom. The molecule has 0 fully saturated rings. The molecule has 108 valence electrons. The summed E-state index contributed by atoms with van der Waals surface area (Å²) in [6.07, 6.45) is 1.84. The van der Waals surface area contributed by atoms with Crippen LogP contribution in [0.2, 0.25) is 0 Å². The summed E-state index contributed by atoms with van der Waals surface area (Å²) >= 11 is 3.40. The third kappa shape index (κ3) is 4.36. The molecule has 0 amide bonds. The zero-order chi connectivity index (χ0) is 14.4. The molecule has 0 unspecified atom stereocenters. The van der Waals surface area contributed by atoms with Crippen molar-refractivity contribution in [3.8, 4) is 0 Å². The Morgan fingerprint density at radius 2 is 2.30 bits per heavy atom. The quantitative estimate of drug-likeness (QED) is 0.781. The van der Waals surface area contributed by atoms with Gasteiger partial charge in [0, 0.05) is 24.7 Å². The number of benzene rings is 1. The van der Waals surface area contributed by atoms with Crippen LogP contribution in [0, 0.1) is 5.82 Å². The Labute approximate surface area is 125 Å². The van der Waals surface area contributed by atoms with Crippen LogP contribution in [-0.2, 0) is 17.8 Å². The van der Waals surface area contributed by atoms with Crippen molar-refractivity contribution in [1.29, 1.82) is 0 Å². The molecule has 0 saturated carbocycles. The third-order valence-electron chi connectivity index (χ3n) is 2.72. The van der Waals surface area contributed by atoms with Gasteiger partial charge in [0.05, 0.1) is 25.0 Å². The van der Waals surface area contributed by atoms with E-state index in [2.05, 4.69) is 31.6 Å². The van der Waals surface area contributed by atoms with Crippen LogP contribution >= 0.6 is 15.9 Å². The number of aromatic nitrogens is 3. The van der Waals surface area contributed by atoms with Crippen molar-refractivity contribution >= 4 is 15.9 Å². The van der Waals surface area contributed by atoms with Crippen molar-refractivity contribution in [2.75, 3.05) is 20.3 Å². The summed E-state index contributed by atoms with van der Waals surface area (Å²) in [6, 6.07) is 4.59. The highest BCUT2D eigenvalue weighted by molar-refractivity contribution is 9.10. The molecule has 2 aromatic rings. The lowest BCUT2D eigenvalue weighted by Gasteiger charge is -2.04. The van der Waals surface area contributed by atoms with Gasteiger partial charge in [-0.2, -0.15) is 0 Å². The van der Waals surface area contributed by atoms with E-state index in [1.807, 2.05) is 6.20 Å². The minimum Gasteiger partial charge on any atom is -0.383 e. The third-order valence-corrected chi connectivity index (χ3v) is 3.49. The number of ether oxygens (including phenoxy) is 1. The molecular weight excluding hydrogens is 327 g/mol. The molecule has 1 aromatic carbocycles. The first-order chi connectivity index (χ1) is 9.69. The monoisotopic (exact) mass is 342 g/mol. The normalized spacial score (nSPS) is 10.9. The van der Waals surface area contributed by atoms with Gasteiger partial charge in [-0.15, -0.1) is 5.10 Å². The molecule has 7 heteroatoms. The molecule has 0 spiro atoms. The highest BCUT2D eigenvalue weighted by atomic mass is 79.9. The summed E-state index contributed by atoms with van der Waals surface area (Å²) in [5.74, 6) is -0.259. The van der Waals surface area contributed by atoms with Gasteiger partial charge in [0.1, 0.15) is 5.82 Å². The molecule has 20 heavy (non-hydrogen) atoms. The number of halogens is 2. The summed E-state index contributed by atoms with van der Waals surface area (Å²) in [5, 5.41) is 11.3. The number of nitrogens with one attached hydrogen (secondary N) is 1. The lowest BCUT2D eigenvalue weighted by atomic mass is 10.2. The van der Waals surface area contributed by atoms with Crippen LogP contribution in [-0.4, -0.2) is 35.3 Å². The average Bonchev–Trinajstić information content (AvgIpc) is 2.87. The van der Waals surface area contributed by atoms with Gasteiger partial charge in [0.25, 0.3) is 0 Å². The number of methoxy groups -OCH3 is 1. The maximum Gasteiger partial charge on any atom is 0.123 e. The number of nitrogens with zero attached hydrogens (tertiary/aromatic N) is 3. The van der Waals surface area contributed by atoms with E-state index >= 15 is 0 Å². The van der Waals surface area contributed by atoms with Crippen LogP contribution in [0.1, 0.15) is 11.3 Å². The second kappa shape index (κ2) is 7.47. The van der Waals surface area contributed by atoms with E-state index in [9.17, 15) is 4.39 Å². The van der Waals surface area contributed by atoms with Gasteiger partial charge in [-0.05, 0) is 23.8 Å². The smallest absolute Gasteiger partial charge is 0.123 e. The Hall–Kier alpha value is -1.31. The van der Waals surface area contributed by atoms with Crippen LogP contribution in [0.5, 0.6) is 0 Å². The average molecular weight is 343 g/mol. The maximum absolute atomic E-state index is 13.2. The van der Waals surface area contributed by atoms with Gasteiger partial charge < -0.3 is 10.1 Å². The zero-order valence-corrected chi connectivity index (χ0v) is 12.7. The standard InChI is InChI=1S/C13H16BrFN4O/c1-20-5-4-16-7-12-9-19(18-17-12)8-10-6-11(15)2-3-13(10)14/h2-3,6,9,16H,4-5,7-8H2,1H3. The lowest BCUT2D eigenvalue weighted by molar-refractivity contribution is 0.199. The topological polar surface area (TPSA) is 52.0 Å². The van der Waals surface area contributed by atoms with Crippen molar-refractivity contribution in [2.24, 2.45) is 0 Å². The fourth-order valence-electron chi connectivity index (χ4n) is 1.73. The maximum atomic E-state index is 13.2. The highest BCUT2D eigenvalue weighted by Crippen LogP contribution is 2.18. The first kappa shape index (κ1) is 15.1. The van der Waals surface area contributed by atoms with Crippen LogP contribution in [0.25, 0.3) is 0 Å². The summed E-state index contributed by atoms with van der Waals surface area (Å²) in [4.78, 5) is 0. The molecule has 0 radical (unpaired) electrons. The Kier molecular flexibility index (Phi) is 5.63. The van der Waals surface area contributed by atoms with Gasteiger partial charge >= 0.3 is 0 Å². The predicted molar refractivity (Wildman–Crippen MR) is 76.8 cm³/mol. The van der Waals surface area contributed by atoms with E-state index in [1.165, 1.54) is 12.1 Å². The molecule has 0 aliphatic rings. The highest BCUT2D eigenvalue weighted by Gasteiger charge is 2.05. The predicted octanol–water partition coefficient (Wildman–Crippen LogP) is 1.96. The van der Waals surface area contributed by atoms with Crippen molar-refractivity contribution in [3.63, 3.8) is 0 Å². The van der Waals surface area contributed by atoms with E-state index in [1.54, 1.807) is 17.9 Å². The minimum absolute atomic E-state index is 0.259. The lowest BCUT2D eigenvalue weighted by Crippen LogP contribution is -2.18. The second-order valence-corrected chi connectivity index (χ2v) is 5.17. The van der Waals surface area contributed by atoms with Crippen molar-refractivity contribution in [2.45, 2.75) is 13.1 Å². The van der Waals surface area contributed by atoms with Gasteiger partial charge in [-0.25, -0.2) is 9.07 Å². The van der Waals surface area contributed by atoms with Gasteiger partial charge in [-0.1, -0.05) is 21.1 Å². The van der Waals surface area contributed by atoms with Gasteiger partial charge in [0.2, 0.25) is 0 Å². The molecule has 5 nitrogen and oxygen atoms in total. The Bertz CT molecular complexity index is 561. The SMILES string of the molecule is COCCNCc1cn(Cc2cc(F)ccc2Br)nn1. The molecular formula is C13H16BrFN4O. The molecule has 0 aliphatic carbocycles. The van der Waals surface area contributed by atoms with Crippen LogP contribution in [0.15, 0.2) is 28.9 Å². The minimum atomic E-state index is -0.259. The van der Waals surface area contributed by atoms with Crippen molar-refractivity contribution in [1.82, 2.24) is 20.3 Å². The number of hydrogen-bond donors (Lipinski definition) is 1. The largest absolute Gasteiger partial charge is 0.383 e. The summed E-state index contributed by atoms with van der Waals surface area (Å²) in [7, 11) is 1.66. The second-order valence-electron chi connectivity index (χ2n) is 4.31. The van der Waals surface area contributed by atoms with Gasteiger partial charge in [-0.3, -0.25) is 0 Å². The number of rotatable bonds is 7. The van der Waals surface area contributed by atoms with E-state index in [0.717, 1.165) is 22.3 Å². The molecule has 0 bridgehead atoms. The van der Waals surface area contributed by atoms with Crippen LogP contribution in [0.3, 0.4) is 0 Å². The molecule has 0 aliphatic heterocycles. The Balaban J connectivity index is 1.93. The van der Waals surface area contributed by atoms with Crippen LogP contribution < -0.4 is 5.32 Å². The summed E-state index contributed by atoms with van der Waals surface area (Å²) in [6.45, 7) is 2.53. The molecule has 2 rings (SSSR count). The number of hydrogen-bond acceptors (Lipinski definition) is 4. The first-order valence-electron chi connectivity index (χ1n) is 6.21. The van der Waals surface area contributed by atoms with E-state index in [0.29, 0.717) is 19.7 Å². The van der Waals surface area contributed by atoms with E-state index in [4.69, 9.17) is 4.74 Å². The van der Waals surface area contributed by atoms with Crippen molar-refractivity contribution < 1.29 is 9.13 Å².